The molecule has 2 nitrogen and oxygen atoms in total. The molecule has 0 radical (unpaired) electrons. The van der Waals surface area contributed by atoms with Gasteiger partial charge in [-0.05, 0) is 35.0 Å². The van der Waals surface area contributed by atoms with Gasteiger partial charge in [0.2, 0.25) is 0 Å². The minimum Gasteiger partial charge on any atom is -0.288 e. The maximum Gasteiger partial charge on any atom is 0.291 e. The lowest BCUT2D eigenvalue weighted by Crippen LogP contribution is -2.26. The number of halogens is 2. The Bertz CT molecular complexity index is 805. The van der Waals surface area contributed by atoms with Crippen LogP contribution < -0.4 is 0 Å². The molecule has 1 aliphatic rings. The molecule has 1 fully saturated rings. The summed E-state index contributed by atoms with van der Waals surface area (Å²) in [5, 5.41) is 0.852. The Morgan fingerprint density at radius 2 is 1.83 bits per heavy atom. The number of thiocarbonyl (C=S) groups is 1. The predicted octanol–water partition coefficient (Wildman–Crippen LogP) is 6.03. The Labute approximate surface area is 154 Å². The summed E-state index contributed by atoms with van der Waals surface area (Å²) in [6, 6.07) is 15.1. The smallest absolute Gasteiger partial charge is 0.288 e. The SMILES string of the molecule is O=C1S/C(=C\c2cccc(Cl)c2Cl)C(=S)N1Cc1ccccc1. The standard InChI is InChI=1S/C17H11Cl2NOS2/c18-13-8-4-7-12(15(13)19)9-14-16(22)20(17(21)23-14)10-11-5-2-1-3-6-11/h1-9H,10H2/b14-9-. The molecule has 2 aromatic carbocycles. The Balaban J connectivity index is 1.86. The molecule has 6 heteroatoms. The van der Waals surface area contributed by atoms with E-state index in [4.69, 9.17) is 35.4 Å². The van der Waals surface area contributed by atoms with Gasteiger partial charge < -0.3 is 0 Å². The summed E-state index contributed by atoms with van der Waals surface area (Å²) in [5.41, 5.74) is 1.78. The van der Waals surface area contributed by atoms with E-state index in [9.17, 15) is 4.79 Å². The third-order valence-electron chi connectivity index (χ3n) is 3.33. The average molecular weight is 380 g/mol. The summed E-state index contributed by atoms with van der Waals surface area (Å²) in [4.78, 5) is 15.1. The van der Waals surface area contributed by atoms with Crippen LogP contribution in [-0.4, -0.2) is 15.1 Å². The summed E-state index contributed by atoms with van der Waals surface area (Å²) in [6.07, 6.45) is 1.81. The number of amides is 1. The number of carbonyl (C=O) groups excluding carboxylic acids is 1. The molecular weight excluding hydrogens is 369 g/mol. The number of carbonyl (C=O) groups is 1. The molecule has 2 aromatic rings. The lowest BCUT2D eigenvalue weighted by Gasteiger charge is -2.14. The topological polar surface area (TPSA) is 20.3 Å². The quantitative estimate of drug-likeness (QED) is 0.479. The summed E-state index contributed by atoms with van der Waals surface area (Å²) >= 11 is 18.8. The van der Waals surface area contributed by atoms with Gasteiger partial charge in [0.25, 0.3) is 5.24 Å². The minimum atomic E-state index is -0.0803. The monoisotopic (exact) mass is 379 g/mol. The third-order valence-corrected chi connectivity index (χ3v) is 5.65. The zero-order chi connectivity index (χ0) is 16.4. The van der Waals surface area contributed by atoms with Crippen LogP contribution in [0.1, 0.15) is 11.1 Å². The van der Waals surface area contributed by atoms with E-state index in [1.807, 2.05) is 48.5 Å². The van der Waals surface area contributed by atoms with Crippen LogP contribution >= 0.6 is 47.2 Å². The van der Waals surface area contributed by atoms with Gasteiger partial charge in [-0.25, -0.2) is 0 Å². The minimum absolute atomic E-state index is 0.0803. The molecule has 3 rings (SSSR count). The Kier molecular flexibility index (Phi) is 5.07. The molecule has 0 aromatic heterocycles. The molecule has 1 aliphatic heterocycles. The van der Waals surface area contributed by atoms with Crippen molar-refractivity contribution in [3.8, 4) is 0 Å². The molecule has 0 bridgehead atoms. The van der Waals surface area contributed by atoms with Gasteiger partial charge in [0.05, 0.1) is 21.5 Å². The van der Waals surface area contributed by atoms with E-state index in [0.717, 1.165) is 22.9 Å². The van der Waals surface area contributed by atoms with Crippen molar-refractivity contribution >= 4 is 63.5 Å². The van der Waals surface area contributed by atoms with Gasteiger partial charge in [0.1, 0.15) is 4.99 Å². The molecule has 0 unspecified atom stereocenters. The van der Waals surface area contributed by atoms with Gasteiger partial charge in [-0.3, -0.25) is 9.69 Å². The number of hydrogen-bond donors (Lipinski definition) is 0. The van der Waals surface area contributed by atoms with Crippen LogP contribution in [0.25, 0.3) is 6.08 Å². The van der Waals surface area contributed by atoms with Crippen LogP contribution in [0.2, 0.25) is 10.0 Å². The highest BCUT2D eigenvalue weighted by Crippen LogP contribution is 2.36. The lowest BCUT2D eigenvalue weighted by molar-refractivity contribution is 0.244. The number of hydrogen-bond acceptors (Lipinski definition) is 3. The van der Waals surface area contributed by atoms with Crippen molar-refractivity contribution in [2.75, 3.05) is 0 Å². The lowest BCUT2D eigenvalue weighted by atomic mass is 10.2. The van der Waals surface area contributed by atoms with Crippen molar-refractivity contribution < 1.29 is 4.79 Å². The Morgan fingerprint density at radius 1 is 1.09 bits per heavy atom. The summed E-state index contributed by atoms with van der Waals surface area (Å²) in [6.45, 7) is 0.464. The van der Waals surface area contributed by atoms with Gasteiger partial charge in [-0.15, -0.1) is 0 Å². The highest BCUT2D eigenvalue weighted by atomic mass is 35.5. The molecule has 0 atom stereocenters. The van der Waals surface area contributed by atoms with E-state index in [0.29, 0.717) is 26.5 Å². The highest BCUT2D eigenvalue weighted by Gasteiger charge is 2.31. The fourth-order valence-corrected chi connectivity index (χ4v) is 3.76. The van der Waals surface area contributed by atoms with Gasteiger partial charge in [0.15, 0.2) is 0 Å². The fourth-order valence-electron chi connectivity index (χ4n) is 2.18. The maximum absolute atomic E-state index is 12.2. The van der Waals surface area contributed by atoms with Crippen LogP contribution in [-0.2, 0) is 6.54 Å². The van der Waals surface area contributed by atoms with Crippen LogP contribution in [0.4, 0.5) is 4.79 Å². The van der Waals surface area contributed by atoms with Gasteiger partial charge >= 0.3 is 0 Å². The number of rotatable bonds is 3. The van der Waals surface area contributed by atoms with Gasteiger partial charge in [0, 0.05) is 0 Å². The van der Waals surface area contributed by atoms with Crippen molar-refractivity contribution in [3.63, 3.8) is 0 Å². The van der Waals surface area contributed by atoms with Crippen molar-refractivity contribution in [1.82, 2.24) is 4.90 Å². The summed E-state index contributed by atoms with van der Waals surface area (Å²) < 4.78 is 0. The first-order chi connectivity index (χ1) is 11.1. The predicted molar refractivity (Wildman–Crippen MR) is 102 cm³/mol. The van der Waals surface area contributed by atoms with Crippen molar-refractivity contribution in [3.05, 3.63) is 74.6 Å². The van der Waals surface area contributed by atoms with Crippen LogP contribution in [0.5, 0.6) is 0 Å². The number of nitrogens with zero attached hydrogens (tertiary/aromatic N) is 1. The Morgan fingerprint density at radius 3 is 2.57 bits per heavy atom. The summed E-state index contributed by atoms with van der Waals surface area (Å²) in [7, 11) is 0. The van der Waals surface area contributed by atoms with Crippen molar-refractivity contribution in [2.45, 2.75) is 6.54 Å². The molecule has 1 amide bonds. The van der Waals surface area contributed by atoms with E-state index >= 15 is 0 Å². The Hall–Kier alpha value is -1.33. The zero-order valence-electron chi connectivity index (χ0n) is 11.8. The second-order valence-corrected chi connectivity index (χ2v) is 7.06. The first kappa shape index (κ1) is 16.5. The highest BCUT2D eigenvalue weighted by molar-refractivity contribution is 8.19. The van der Waals surface area contributed by atoms with Gasteiger partial charge in [-0.2, -0.15) is 0 Å². The first-order valence-electron chi connectivity index (χ1n) is 6.79. The molecule has 0 saturated carbocycles. The zero-order valence-corrected chi connectivity index (χ0v) is 15.0. The van der Waals surface area contributed by atoms with E-state index in [2.05, 4.69) is 0 Å². The molecule has 116 valence electrons. The third kappa shape index (κ3) is 3.61. The molecule has 1 saturated heterocycles. The second kappa shape index (κ2) is 7.05. The normalized spacial score (nSPS) is 16.4. The molecule has 1 heterocycles. The first-order valence-corrected chi connectivity index (χ1v) is 8.77. The molecule has 0 spiro atoms. The second-order valence-electron chi connectivity index (χ2n) is 4.90. The van der Waals surface area contributed by atoms with Crippen LogP contribution in [0.15, 0.2) is 53.4 Å². The van der Waals surface area contributed by atoms with E-state index < -0.39 is 0 Å². The number of benzene rings is 2. The fraction of sp³-hybridized carbons (Fsp3) is 0.0588. The van der Waals surface area contributed by atoms with Crippen molar-refractivity contribution in [2.24, 2.45) is 0 Å². The summed E-state index contributed by atoms with van der Waals surface area (Å²) in [5.74, 6) is 0. The van der Waals surface area contributed by atoms with Crippen molar-refractivity contribution in [1.29, 1.82) is 0 Å². The number of thioether (sulfide) groups is 1. The van der Waals surface area contributed by atoms with Crippen LogP contribution in [0.3, 0.4) is 0 Å². The maximum atomic E-state index is 12.2. The van der Waals surface area contributed by atoms with E-state index in [-0.39, 0.29) is 5.24 Å². The van der Waals surface area contributed by atoms with Crippen LogP contribution in [0, 0.1) is 0 Å². The molecule has 23 heavy (non-hydrogen) atoms. The van der Waals surface area contributed by atoms with E-state index in [1.165, 1.54) is 0 Å². The van der Waals surface area contributed by atoms with Gasteiger partial charge in [-0.1, -0.05) is 77.9 Å². The molecule has 0 aliphatic carbocycles. The molecular formula is C17H11Cl2NOS2. The average Bonchev–Trinajstić information content (AvgIpc) is 2.80. The van der Waals surface area contributed by atoms with E-state index in [1.54, 1.807) is 11.0 Å². The largest absolute Gasteiger partial charge is 0.291 e. The molecule has 0 N–H and O–H groups in total.